The van der Waals surface area contributed by atoms with Crippen molar-refractivity contribution in [1.29, 1.82) is 0 Å². The van der Waals surface area contributed by atoms with E-state index in [1.807, 2.05) is 30.3 Å². The Bertz CT molecular complexity index is 740. The number of hydrogen-bond donors (Lipinski definition) is 2. The Labute approximate surface area is 145 Å². The molecule has 0 saturated carbocycles. The van der Waals surface area contributed by atoms with E-state index in [4.69, 9.17) is 4.74 Å². The van der Waals surface area contributed by atoms with E-state index in [0.29, 0.717) is 6.42 Å². The highest BCUT2D eigenvalue weighted by atomic mass is 16.5. The summed E-state index contributed by atoms with van der Waals surface area (Å²) in [4.78, 5) is 35.5. The second kappa shape index (κ2) is 8.63. The molecule has 1 atom stereocenters. The molecule has 130 valence electrons. The minimum atomic E-state index is -0.683. The lowest BCUT2D eigenvalue weighted by Gasteiger charge is -2.16. The molecular formula is C19H19NO5. The second-order valence-corrected chi connectivity index (χ2v) is 5.54. The molecule has 6 heteroatoms. The van der Waals surface area contributed by atoms with E-state index in [1.165, 1.54) is 31.2 Å². The molecule has 0 aliphatic heterocycles. The number of hydrogen-bond acceptors (Lipinski definition) is 5. The summed E-state index contributed by atoms with van der Waals surface area (Å²) >= 11 is 0. The predicted octanol–water partition coefficient (Wildman–Crippen LogP) is 1.87. The number of phenols is 1. The fraction of sp³-hybridized carbons (Fsp3) is 0.211. The fourth-order valence-electron chi connectivity index (χ4n) is 2.19. The molecule has 0 heterocycles. The summed E-state index contributed by atoms with van der Waals surface area (Å²) < 4.78 is 4.92. The van der Waals surface area contributed by atoms with E-state index < -0.39 is 24.5 Å². The summed E-state index contributed by atoms with van der Waals surface area (Å²) in [6.45, 7) is 0.911. The minimum absolute atomic E-state index is 0.0273. The van der Waals surface area contributed by atoms with Crippen LogP contribution in [0.2, 0.25) is 0 Å². The average molecular weight is 341 g/mol. The van der Waals surface area contributed by atoms with E-state index in [-0.39, 0.29) is 17.1 Å². The molecule has 2 aromatic rings. The van der Waals surface area contributed by atoms with Gasteiger partial charge in [-0.1, -0.05) is 30.3 Å². The van der Waals surface area contributed by atoms with E-state index in [1.54, 1.807) is 0 Å². The molecule has 2 rings (SSSR count). The highest BCUT2D eigenvalue weighted by Gasteiger charge is 2.18. The van der Waals surface area contributed by atoms with Gasteiger partial charge >= 0.3 is 5.97 Å². The molecule has 0 bridgehead atoms. The maximum absolute atomic E-state index is 12.0. The quantitative estimate of drug-likeness (QED) is 0.750. The average Bonchev–Trinajstić information content (AvgIpc) is 2.60. The van der Waals surface area contributed by atoms with Gasteiger partial charge in [-0.05, 0) is 43.2 Å². The normalized spacial score (nSPS) is 11.4. The van der Waals surface area contributed by atoms with Gasteiger partial charge in [0.2, 0.25) is 0 Å². The van der Waals surface area contributed by atoms with E-state index in [9.17, 15) is 19.5 Å². The zero-order chi connectivity index (χ0) is 18.2. The minimum Gasteiger partial charge on any atom is -0.508 e. The third-order valence-electron chi connectivity index (χ3n) is 3.55. The van der Waals surface area contributed by atoms with Gasteiger partial charge in [0.05, 0.1) is 11.6 Å². The first-order valence-corrected chi connectivity index (χ1v) is 7.75. The van der Waals surface area contributed by atoms with Crippen molar-refractivity contribution in [2.45, 2.75) is 19.4 Å². The SMILES string of the molecule is CC(=O)[C@@H](Cc1ccccc1)NC(=O)COC(=O)c1ccc(O)cc1. The van der Waals surface area contributed by atoms with Gasteiger partial charge < -0.3 is 15.2 Å². The standard InChI is InChI=1S/C19H19NO5/c1-13(21)17(11-14-5-3-2-4-6-14)20-18(23)12-25-19(24)15-7-9-16(22)10-8-15/h2-10,17,22H,11-12H2,1H3,(H,20,23)/t17-/m1/s1. The van der Waals surface area contributed by atoms with E-state index in [0.717, 1.165) is 5.56 Å². The molecule has 2 N–H and O–H groups in total. The van der Waals surface area contributed by atoms with Crippen LogP contribution in [0.1, 0.15) is 22.8 Å². The second-order valence-electron chi connectivity index (χ2n) is 5.54. The van der Waals surface area contributed by atoms with Crippen molar-refractivity contribution in [1.82, 2.24) is 5.32 Å². The summed E-state index contributed by atoms with van der Waals surface area (Å²) in [6.07, 6.45) is 0.369. The molecule has 25 heavy (non-hydrogen) atoms. The Hall–Kier alpha value is -3.15. The lowest BCUT2D eigenvalue weighted by Crippen LogP contribution is -2.43. The van der Waals surface area contributed by atoms with Crippen molar-refractivity contribution in [2.75, 3.05) is 6.61 Å². The van der Waals surface area contributed by atoms with Gasteiger partial charge in [-0.3, -0.25) is 9.59 Å². The Morgan fingerprint density at radius 1 is 1.04 bits per heavy atom. The number of esters is 1. The largest absolute Gasteiger partial charge is 0.508 e. The van der Waals surface area contributed by atoms with Crippen LogP contribution in [0.3, 0.4) is 0 Å². The third kappa shape index (κ3) is 5.76. The molecule has 6 nitrogen and oxygen atoms in total. The first-order chi connectivity index (χ1) is 12.0. The summed E-state index contributed by atoms with van der Waals surface area (Å²) in [5.74, 6) is -1.39. The number of amides is 1. The Morgan fingerprint density at radius 2 is 1.68 bits per heavy atom. The van der Waals surface area contributed by atoms with Crippen LogP contribution in [0.5, 0.6) is 5.75 Å². The van der Waals surface area contributed by atoms with Crippen molar-refractivity contribution in [2.24, 2.45) is 0 Å². The summed E-state index contributed by atoms with van der Waals surface area (Å²) in [7, 11) is 0. The van der Waals surface area contributed by atoms with Crippen LogP contribution in [0.25, 0.3) is 0 Å². The van der Waals surface area contributed by atoms with Crippen LogP contribution >= 0.6 is 0 Å². The molecule has 0 aliphatic carbocycles. The fourth-order valence-corrected chi connectivity index (χ4v) is 2.19. The van der Waals surface area contributed by atoms with Crippen molar-refractivity contribution < 1.29 is 24.2 Å². The van der Waals surface area contributed by atoms with E-state index in [2.05, 4.69) is 5.32 Å². The monoisotopic (exact) mass is 341 g/mol. The number of ketones is 1. The van der Waals surface area contributed by atoms with Crippen LogP contribution in [0, 0.1) is 0 Å². The zero-order valence-electron chi connectivity index (χ0n) is 13.8. The van der Waals surface area contributed by atoms with Gasteiger partial charge in [0.15, 0.2) is 12.4 Å². The lowest BCUT2D eigenvalue weighted by molar-refractivity contribution is -0.128. The number of aromatic hydroxyl groups is 1. The maximum atomic E-state index is 12.0. The van der Waals surface area contributed by atoms with E-state index >= 15 is 0 Å². The Morgan fingerprint density at radius 3 is 2.28 bits per heavy atom. The first kappa shape index (κ1) is 18.2. The number of rotatable bonds is 7. The summed E-state index contributed by atoms with van der Waals surface area (Å²) in [5.41, 5.74) is 1.14. The zero-order valence-corrected chi connectivity index (χ0v) is 13.8. The van der Waals surface area contributed by atoms with Gasteiger partial charge in [0.1, 0.15) is 5.75 Å². The lowest BCUT2D eigenvalue weighted by atomic mass is 10.0. The van der Waals surface area contributed by atoms with Gasteiger partial charge in [0, 0.05) is 0 Å². The molecule has 0 fully saturated rings. The van der Waals surface area contributed by atoms with Crippen LogP contribution in [-0.4, -0.2) is 35.4 Å². The topological polar surface area (TPSA) is 92.7 Å². The highest BCUT2D eigenvalue weighted by molar-refractivity contribution is 5.92. The number of carbonyl (C=O) groups excluding carboxylic acids is 3. The molecule has 0 unspecified atom stereocenters. The number of carbonyl (C=O) groups is 3. The number of benzene rings is 2. The van der Waals surface area contributed by atoms with Gasteiger partial charge in [-0.2, -0.15) is 0 Å². The van der Waals surface area contributed by atoms with Crippen molar-refractivity contribution in [3.63, 3.8) is 0 Å². The molecular weight excluding hydrogens is 322 g/mol. The van der Waals surface area contributed by atoms with Gasteiger partial charge in [-0.25, -0.2) is 4.79 Å². The molecule has 0 aliphatic rings. The van der Waals surface area contributed by atoms with Gasteiger partial charge in [0.25, 0.3) is 5.91 Å². The maximum Gasteiger partial charge on any atom is 0.338 e. The van der Waals surface area contributed by atoms with Crippen molar-refractivity contribution in [3.8, 4) is 5.75 Å². The van der Waals surface area contributed by atoms with Crippen LogP contribution < -0.4 is 5.32 Å². The molecule has 0 saturated heterocycles. The third-order valence-corrected chi connectivity index (χ3v) is 3.55. The van der Waals surface area contributed by atoms with Gasteiger partial charge in [-0.15, -0.1) is 0 Å². The predicted molar refractivity (Wildman–Crippen MR) is 91.1 cm³/mol. The van der Waals surface area contributed by atoms with Crippen molar-refractivity contribution in [3.05, 3.63) is 65.7 Å². The summed E-state index contributed by atoms with van der Waals surface area (Å²) in [5, 5.41) is 11.8. The van der Waals surface area contributed by atoms with Crippen LogP contribution in [0.4, 0.5) is 0 Å². The number of Topliss-reactive ketones (excluding diaryl/α,β-unsaturated/α-hetero) is 1. The Kier molecular flexibility index (Phi) is 6.28. The first-order valence-electron chi connectivity index (χ1n) is 7.75. The number of phenolic OH excluding ortho intramolecular Hbond substituents is 1. The Balaban J connectivity index is 1.87. The molecule has 1 amide bonds. The molecule has 0 aromatic heterocycles. The van der Waals surface area contributed by atoms with Crippen LogP contribution in [-0.2, 0) is 20.7 Å². The molecule has 0 spiro atoms. The summed E-state index contributed by atoms with van der Waals surface area (Å²) in [6, 6.07) is 14.1. The molecule has 2 aromatic carbocycles. The van der Waals surface area contributed by atoms with Crippen LogP contribution in [0.15, 0.2) is 54.6 Å². The molecule has 0 radical (unpaired) electrons. The number of nitrogens with one attached hydrogen (secondary N) is 1. The smallest absolute Gasteiger partial charge is 0.338 e. The number of ether oxygens (including phenoxy) is 1. The van der Waals surface area contributed by atoms with Crippen molar-refractivity contribution >= 4 is 17.7 Å². The highest BCUT2D eigenvalue weighted by Crippen LogP contribution is 2.10.